The van der Waals surface area contributed by atoms with Crippen molar-refractivity contribution in [3.63, 3.8) is 0 Å². The maximum Gasteiger partial charge on any atom is 0.329 e. The Morgan fingerprint density at radius 2 is 1.65 bits per heavy atom. The molecule has 0 atom stereocenters. The van der Waals surface area contributed by atoms with E-state index >= 15 is 0 Å². The van der Waals surface area contributed by atoms with Gasteiger partial charge in [-0.05, 0) is 23.1 Å². The fourth-order valence-electron chi connectivity index (χ4n) is 1.83. The van der Waals surface area contributed by atoms with Crippen LogP contribution in [0.2, 0.25) is 5.28 Å². The summed E-state index contributed by atoms with van der Waals surface area (Å²) in [7, 11) is 1.45. The van der Waals surface area contributed by atoms with Gasteiger partial charge in [0.15, 0.2) is 0 Å². The SMILES string of the molecule is COc1nc(Cl)nc(Oc2cccc3ccccc23)n1. The molecule has 6 heteroatoms. The van der Waals surface area contributed by atoms with Crippen molar-refractivity contribution in [1.29, 1.82) is 0 Å². The monoisotopic (exact) mass is 287 g/mol. The van der Waals surface area contributed by atoms with Crippen molar-refractivity contribution in [3.05, 3.63) is 47.7 Å². The second-order valence-electron chi connectivity index (χ2n) is 3.95. The first-order chi connectivity index (χ1) is 9.76. The molecule has 0 aliphatic carbocycles. The van der Waals surface area contributed by atoms with E-state index in [-0.39, 0.29) is 17.3 Å². The number of methoxy groups -OCH3 is 1. The van der Waals surface area contributed by atoms with E-state index in [4.69, 9.17) is 21.1 Å². The zero-order valence-corrected chi connectivity index (χ0v) is 11.3. The lowest BCUT2D eigenvalue weighted by atomic mass is 10.1. The Balaban J connectivity index is 2.03. The van der Waals surface area contributed by atoms with Crippen LogP contribution in [0.5, 0.6) is 17.8 Å². The van der Waals surface area contributed by atoms with Crippen molar-refractivity contribution in [2.24, 2.45) is 0 Å². The molecule has 3 aromatic rings. The van der Waals surface area contributed by atoms with Gasteiger partial charge < -0.3 is 9.47 Å². The molecule has 3 rings (SSSR count). The molecular formula is C14H10ClN3O2. The normalized spacial score (nSPS) is 10.5. The molecule has 2 aromatic carbocycles. The number of rotatable bonds is 3. The molecule has 1 aromatic heterocycles. The van der Waals surface area contributed by atoms with Gasteiger partial charge in [-0.1, -0.05) is 36.4 Å². The predicted octanol–water partition coefficient (Wildman–Crippen LogP) is 3.48. The number of aromatic nitrogens is 3. The predicted molar refractivity (Wildman–Crippen MR) is 75.4 cm³/mol. The summed E-state index contributed by atoms with van der Waals surface area (Å²) in [6, 6.07) is 13.8. The number of hydrogen-bond donors (Lipinski definition) is 0. The minimum atomic E-state index is 0.0205. The molecule has 20 heavy (non-hydrogen) atoms. The third kappa shape index (κ3) is 2.48. The Bertz CT molecular complexity index is 759. The van der Waals surface area contributed by atoms with E-state index in [2.05, 4.69) is 15.0 Å². The van der Waals surface area contributed by atoms with Crippen molar-refractivity contribution in [3.8, 4) is 17.8 Å². The van der Waals surface area contributed by atoms with E-state index in [1.165, 1.54) is 7.11 Å². The second-order valence-corrected chi connectivity index (χ2v) is 4.29. The summed E-state index contributed by atoms with van der Waals surface area (Å²) < 4.78 is 10.6. The highest BCUT2D eigenvalue weighted by atomic mass is 35.5. The van der Waals surface area contributed by atoms with Crippen molar-refractivity contribution < 1.29 is 9.47 Å². The summed E-state index contributed by atoms with van der Waals surface area (Å²) in [4.78, 5) is 11.7. The van der Waals surface area contributed by atoms with E-state index in [0.29, 0.717) is 5.75 Å². The smallest absolute Gasteiger partial charge is 0.329 e. The van der Waals surface area contributed by atoms with Gasteiger partial charge in [0.1, 0.15) is 5.75 Å². The Labute approximate surface area is 120 Å². The van der Waals surface area contributed by atoms with Crippen molar-refractivity contribution in [2.75, 3.05) is 7.11 Å². The average Bonchev–Trinajstić information content (AvgIpc) is 2.47. The van der Waals surface area contributed by atoms with E-state index < -0.39 is 0 Å². The number of nitrogens with zero attached hydrogens (tertiary/aromatic N) is 3. The zero-order chi connectivity index (χ0) is 13.9. The van der Waals surface area contributed by atoms with Gasteiger partial charge in [0.05, 0.1) is 7.11 Å². The molecule has 100 valence electrons. The second kappa shape index (κ2) is 5.30. The van der Waals surface area contributed by atoms with Crippen LogP contribution in [0.4, 0.5) is 0 Å². The van der Waals surface area contributed by atoms with Crippen LogP contribution in [0.1, 0.15) is 0 Å². The van der Waals surface area contributed by atoms with Crippen LogP contribution >= 0.6 is 11.6 Å². The highest BCUT2D eigenvalue weighted by molar-refractivity contribution is 6.28. The van der Waals surface area contributed by atoms with Gasteiger partial charge in [0.2, 0.25) is 5.28 Å². The molecule has 0 radical (unpaired) electrons. The average molecular weight is 288 g/mol. The first-order valence-corrected chi connectivity index (χ1v) is 6.25. The molecule has 0 N–H and O–H groups in total. The fourth-order valence-corrected chi connectivity index (χ4v) is 1.98. The van der Waals surface area contributed by atoms with E-state index in [9.17, 15) is 0 Å². The van der Waals surface area contributed by atoms with Crippen LogP contribution in [0.25, 0.3) is 10.8 Å². The largest absolute Gasteiger partial charge is 0.467 e. The van der Waals surface area contributed by atoms with Crippen LogP contribution in [-0.4, -0.2) is 22.1 Å². The molecule has 0 saturated heterocycles. The summed E-state index contributed by atoms with van der Waals surface area (Å²) in [6.45, 7) is 0. The topological polar surface area (TPSA) is 57.1 Å². The molecule has 0 bridgehead atoms. The molecule has 0 fully saturated rings. The van der Waals surface area contributed by atoms with E-state index in [1.54, 1.807) is 0 Å². The van der Waals surface area contributed by atoms with Crippen LogP contribution in [0.15, 0.2) is 42.5 Å². The zero-order valence-electron chi connectivity index (χ0n) is 10.6. The van der Waals surface area contributed by atoms with Crippen LogP contribution < -0.4 is 9.47 Å². The molecular weight excluding hydrogens is 278 g/mol. The third-order valence-electron chi connectivity index (χ3n) is 2.70. The molecule has 0 amide bonds. The van der Waals surface area contributed by atoms with Gasteiger partial charge in [-0.3, -0.25) is 0 Å². The fraction of sp³-hybridized carbons (Fsp3) is 0.0714. The molecule has 0 saturated carbocycles. The summed E-state index contributed by atoms with van der Waals surface area (Å²) in [5, 5.41) is 2.05. The Morgan fingerprint density at radius 1 is 0.900 bits per heavy atom. The van der Waals surface area contributed by atoms with Crippen molar-refractivity contribution >= 4 is 22.4 Å². The number of benzene rings is 2. The Morgan fingerprint density at radius 3 is 2.50 bits per heavy atom. The summed E-state index contributed by atoms with van der Waals surface area (Å²) in [5.74, 6) is 0.646. The lowest BCUT2D eigenvalue weighted by Gasteiger charge is -2.07. The van der Waals surface area contributed by atoms with Crippen molar-refractivity contribution in [1.82, 2.24) is 15.0 Å². The van der Waals surface area contributed by atoms with Crippen LogP contribution in [0, 0.1) is 0 Å². The third-order valence-corrected chi connectivity index (χ3v) is 2.87. The molecule has 0 spiro atoms. The lowest BCUT2D eigenvalue weighted by Crippen LogP contribution is -1.98. The molecule has 5 nitrogen and oxygen atoms in total. The molecule has 0 aliphatic heterocycles. The number of halogens is 1. The van der Waals surface area contributed by atoms with E-state index in [1.807, 2.05) is 42.5 Å². The van der Waals surface area contributed by atoms with E-state index in [0.717, 1.165) is 10.8 Å². The first-order valence-electron chi connectivity index (χ1n) is 5.87. The van der Waals surface area contributed by atoms with Gasteiger partial charge in [0.25, 0.3) is 0 Å². The lowest BCUT2D eigenvalue weighted by molar-refractivity contribution is 0.360. The molecule has 0 aliphatic rings. The van der Waals surface area contributed by atoms with Crippen molar-refractivity contribution in [2.45, 2.75) is 0 Å². The minimum absolute atomic E-state index is 0.0205. The van der Waals surface area contributed by atoms with Gasteiger partial charge in [0, 0.05) is 5.39 Å². The van der Waals surface area contributed by atoms with Gasteiger partial charge in [-0.25, -0.2) is 0 Å². The number of fused-ring (bicyclic) bond motifs is 1. The van der Waals surface area contributed by atoms with Crippen LogP contribution in [0.3, 0.4) is 0 Å². The quantitative estimate of drug-likeness (QED) is 0.738. The minimum Gasteiger partial charge on any atom is -0.467 e. The highest BCUT2D eigenvalue weighted by Crippen LogP contribution is 2.28. The van der Waals surface area contributed by atoms with Gasteiger partial charge in [-0.2, -0.15) is 9.97 Å². The standard InChI is InChI=1S/C14H10ClN3O2/c1-19-13-16-12(15)17-14(18-13)20-11-8-4-6-9-5-2-3-7-10(9)11/h2-8H,1H3. The Kier molecular flexibility index (Phi) is 3.35. The maximum atomic E-state index is 5.79. The molecule has 1 heterocycles. The summed E-state index contributed by atoms with van der Waals surface area (Å²) in [5.41, 5.74) is 0. The summed E-state index contributed by atoms with van der Waals surface area (Å²) >= 11 is 5.79. The number of hydrogen-bond acceptors (Lipinski definition) is 5. The Hall–Kier alpha value is -2.40. The first kappa shape index (κ1) is 12.6. The maximum absolute atomic E-state index is 5.79. The van der Waals surface area contributed by atoms with Gasteiger partial charge >= 0.3 is 12.0 Å². The molecule has 0 unspecified atom stereocenters. The highest BCUT2D eigenvalue weighted by Gasteiger charge is 2.09. The van der Waals surface area contributed by atoms with Gasteiger partial charge in [-0.15, -0.1) is 4.98 Å². The summed E-state index contributed by atoms with van der Waals surface area (Å²) in [6.07, 6.45) is 0. The van der Waals surface area contributed by atoms with Crippen LogP contribution in [-0.2, 0) is 0 Å². The number of ether oxygens (including phenoxy) is 2.